The van der Waals surface area contributed by atoms with Gasteiger partial charge in [-0.2, -0.15) is 0 Å². The number of rotatable bonds is 3. The lowest BCUT2D eigenvalue weighted by Crippen LogP contribution is -2.36. The Kier molecular flexibility index (Phi) is 4.66. The van der Waals surface area contributed by atoms with E-state index in [1.165, 1.54) is 36.4 Å². The molecule has 3 atom stereocenters. The molecular weight excluding hydrogens is 264 g/mol. The first-order valence-electron chi connectivity index (χ1n) is 7.80. The number of benzene rings is 1. The molecule has 1 aromatic carbocycles. The molecule has 108 valence electrons. The van der Waals surface area contributed by atoms with Crippen molar-refractivity contribution >= 4 is 16.9 Å². The van der Waals surface area contributed by atoms with Crippen LogP contribution in [0.25, 0.3) is 0 Å². The van der Waals surface area contributed by atoms with Crippen LogP contribution in [0.1, 0.15) is 38.2 Å². The van der Waals surface area contributed by atoms with Crippen molar-refractivity contribution < 1.29 is 0 Å². The quantitative estimate of drug-likeness (QED) is 0.913. The third-order valence-corrected chi connectivity index (χ3v) is 5.34. The molecule has 2 nitrogen and oxygen atoms in total. The summed E-state index contributed by atoms with van der Waals surface area (Å²) in [5.74, 6) is 1.99. The van der Waals surface area contributed by atoms with Crippen LogP contribution in [0.5, 0.6) is 0 Å². The summed E-state index contributed by atoms with van der Waals surface area (Å²) in [4.78, 5) is 4.87. The molecule has 1 aromatic rings. The van der Waals surface area contributed by atoms with Gasteiger partial charge in [0.15, 0.2) is 5.17 Å². The SMILES string of the molecule is CC1CCCC(NC2=NC(Cc3ccccc3)CS2)C1. The zero-order valence-electron chi connectivity index (χ0n) is 12.2. The van der Waals surface area contributed by atoms with Crippen LogP contribution in [0.2, 0.25) is 0 Å². The topological polar surface area (TPSA) is 24.4 Å². The van der Waals surface area contributed by atoms with Gasteiger partial charge >= 0.3 is 0 Å². The average Bonchev–Trinajstić information content (AvgIpc) is 2.87. The summed E-state index contributed by atoms with van der Waals surface area (Å²) in [7, 11) is 0. The van der Waals surface area contributed by atoms with Crippen LogP contribution in [-0.2, 0) is 6.42 Å². The summed E-state index contributed by atoms with van der Waals surface area (Å²) in [6.45, 7) is 2.37. The standard InChI is InChI=1S/C17H24N2S/c1-13-6-5-9-15(10-13)18-17-19-16(12-20-17)11-14-7-3-2-4-8-14/h2-4,7-8,13,15-16H,5-6,9-12H2,1H3,(H,18,19). The largest absolute Gasteiger partial charge is 0.362 e. The van der Waals surface area contributed by atoms with Gasteiger partial charge in [0, 0.05) is 11.8 Å². The van der Waals surface area contributed by atoms with Crippen molar-refractivity contribution in [1.29, 1.82) is 0 Å². The van der Waals surface area contributed by atoms with E-state index >= 15 is 0 Å². The Labute approximate surface area is 126 Å². The van der Waals surface area contributed by atoms with Gasteiger partial charge in [-0.25, -0.2) is 0 Å². The summed E-state index contributed by atoms with van der Waals surface area (Å²) in [5.41, 5.74) is 1.40. The molecule has 1 N–H and O–H groups in total. The Bertz CT molecular complexity index is 457. The van der Waals surface area contributed by atoms with Gasteiger partial charge in [0.1, 0.15) is 0 Å². The number of aliphatic imine (C=N–C) groups is 1. The third kappa shape index (κ3) is 3.78. The lowest BCUT2D eigenvalue weighted by atomic mass is 9.87. The smallest absolute Gasteiger partial charge is 0.157 e. The molecule has 1 heterocycles. The van der Waals surface area contributed by atoms with Crippen LogP contribution in [0.4, 0.5) is 0 Å². The van der Waals surface area contributed by atoms with Gasteiger partial charge in [-0.05, 0) is 30.7 Å². The van der Waals surface area contributed by atoms with E-state index in [-0.39, 0.29) is 0 Å². The monoisotopic (exact) mass is 288 g/mol. The minimum atomic E-state index is 0.450. The number of thioether (sulfide) groups is 1. The maximum Gasteiger partial charge on any atom is 0.157 e. The van der Waals surface area contributed by atoms with Gasteiger partial charge in [0.25, 0.3) is 0 Å². The van der Waals surface area contributed by atoms with Crippen LogP contribution < -0.4 is 5.32 Å². The third-order valence-electron chi connectivity index (χ3n) is 4.29. The molecule has 0 amide bonds. The maximum absolute atomic E-state index is 4.87. The fourth-order valence-corrected chi connectivity index (χ4v) is 4.24. The molecule has 0 saturated heterocycles. The fourth-order valence-electron chi connectivity index (χ4n) is 3.22. The molecule has 3 rings (SSSR count). The van der Waals surface area contributed by atoms with Gasteiger partial charge in [0.05, 0.1) is 6.04 Å². The number of hydrogen-bond donors (Lipinski definition) is 1. The average molecular weight is 288 g/mol. The highest BCUT2D eigenvalue weighted by molar-refractivity contribution is 8.14. The molecule has 0 radical (unpaired) electrons. The number of nitrogens with one attached hydrogen (secondary N) is 1. The zero-order valence-corrected chi connectivity index (χ0v) is 13.0. The fraction of sp³-hybridized carbons (Fsp3) is 0.588. The summed E-state index contributed by atoms with van der Waals surface area (Å²) >= 11 is 1.90. The van der Waals surface area contributed by atoms with Crippen LogP contribution >= 0.6 is 11.8 Å². The molecule has 1 saturated carbocycles. The number of nitrogens with zero attached hydrogens (tertiary/aromatic N) is 1. The van der Waals surface area contributed by atoms with Crippen LogP contribution in [0.3, 0.4) is 0 Å². The first kappa shape index (κ1) is 14.0. The predicted molar refractivity (Wildman–Crippen MR) is 88.4 cm³/mol. The van der Waals surface area contributed by atoms with Crippen LogP contribution in [-0.4, -0.2) is 23.0 Å². The van der Waals surface area contributed by atoms with Gasteiger partial charge < -0.3 is 5.32 Å². The molecule has 1 aliphatic heterocycles. The van der Waals surface area contributed by atoms with E-state index < -0.39 is 0 Å². The highest BCUT2D eigenvalue weighted by Crippen LogP contribution is 2.26. The molecule has 2 aliphatic rings. The Morgan fingerprint density at radius 1 is 1.25 bits per heavy atom. The van der Waals surface area contributed by atoms with Crippen LogP contribution in [0.15, 0.2) is 35.3 Å². The van der Waals surface area contributed by atoms with Crippen molar-refractivity contribution in [2.75, 3.05) is 5.75 Å². The van der Waals surface area contributed by atoms with Crippen molar-refractivity contribution in [3.05, 3.63) is 35.9 Å². The van der Waals surface area contributed by atoms with Crippen molar-refractivity contribution in [2.24, 2.45) is 10.9 Å². The highest BCUT2D eigenvalue weighted by atomic mass is 32.2. The summed E-state index contributed by atoms with van der Waals surface area (Å²) in [5, 5.41) is 4.86. The second-order valence-corrected chi connectivity index (χ2v) is 7.21. The molecule has 0 spiro atoms. The van der Waals surface area contributed by atoms with E-state index in [9.17, 15) is 0 Å². The van der Waals surface area contributed by atoms with E-state index in [0.29, 0.717) is 12.1 Å². The number of amidine groups is 1. The Balaban J connectivity index is 1.52. The second-order valence-electron chi connectivity index (χ2n) is 6.20. The lowest BCUT2D eigenvalue weighted by molar-refractivity contribution is 0.327. The molecule has 0 aromatic heterocycles. The Morgan fingerprint density at radius 2 is 2.10 bits per heavy atom. The normalized spacial score (nSPS) is 30.1. The predicted octanol–water partition coefficient (Wildman–Crippen LogP) is 3.87. The van der Waals surface area contributed by atoms with Crippen molar-refractivity contribution in [3.63, 3.8) is 0 Å². The van der Waals surface area contributed by atoms with E-state index in [0.717, 1.165) is 18.1 Å². The molecule has 3 heteroatoms. The molecule has 1 aliphatic carbocycles. The molecule has 1 fully saturated rings. The molecule has 0 bridgehead atoms. The Hall–Kier alpha value is -0.960. The summed E-state index contributed by atoms with van der Waals surface area (Å²) in [6.07, 6.45) is 6.45. The minimum Gasteiger partial charge on any atom is -0.362 e. The highest BCUT2D eigenvalue weighted by Gasteiger charge is 2.23. The van der Waals surface area contributed by atoms with Crippen molar-refractivity contribution in [1.82, 2.24) is 5.32 Å². The maximum atomic E-state index is 4.87. The van der Waals surface area contributed by atoms with Crippen LogP contribution in [0, 0.1) is 5.92 Å². The molecule has 3 unspecified atom stereocenters. The van der Waals surface area contributed by atoms with Gasteiger partial charge in [0.2, 0.25) is 0 Å². The lowest BCUT2D eigenvalue weighted by Gasteiger charge is -2.27. The second kappa shape index (κ2) is 6.66. The first-order valence-corrected chi connectivity index (χ1v) is 8.79. The molecular formula is C17H24N2S. The zero-order chi connectivity index (χ0) is 13.8. The van der Waals surface area contributed by atoms with Gasteiger partial charge in [-0.15, -0.1) is 0 Å². The van der Waals surface area contributed by atoms with Gasteiger partial charge in [-0.3, -0.25) is 4.99 Å². The van der Waals surface area contributed by atoms with E-state index in [1.807, 2.05) is 11.8 Å². The van der Waals surface area contributed by atoms with E-state index in [4.69, 9.17) is 4.99 Å². The summed E-state index contributed by atoms with van der Waals surface area (Å²) < 4.78 is 0. The number of hydrogen-bond acceptors (Lipinski definition) is 3. The van der Waals surface area contributed by atoms with E-state index in [2.05, 4.69) is 42.6 Å². The van der Waals surface area contributed by atoms with E-state index in [1.54, 1.807) is 0 Å². The van der Waals surface area contributed by atoms with Crippen molar-refractivity contribution in [2.45, 2.75) is 51.1 Å². The minimum absolute atomic E-state index is 0.450. The Morgan fingerprint density at radius 3 is 2.90 bits per heavy atom. The van der Waals surface area contributed by atoms with Crippen molar-refractivity contribution in [3.8, 4) is 0 Å². The summed E-state index contributed by atoms with van der Waals surface area (Å²) in [6, 6.07) is 11.8. The first-order chi connectivity index (χ1) is 9.79. The molecule has 20 heavy (non-hydrogen) atoms. The van der Waals surface area contributed by atoms with Gasteiger partial charge in [-0.1, -0.05) is 61.9 Å².